The van der Waals surface area contributed by atoms with Gasteiger partial charge < -0.3 is 20.9 Å². The van der Waals surface area contributed by atoms with E-state index >= 15 is 0 Å². The summed E-state index contributed by atoms with van der Waals surface area (Å²) in [5.41, 5.74) is 5.60. The summed E-state index contributed by atoms with van der Waals surface area (Å²) in [5, 5.41) is 18.8. The number of aromatic nitrogens is 2. The Morgan fingerprint density at radius 2 is 2.10 bits per heavy atom. The van der Waals surface area contributed by atoms with Crippen molar-refractivity contribution in [2.75, 3.05) is 0 Å². The molecule has 1 heterocycles. The summed E-state index contributed by atoms with van der Waals surface area (Å²) in [5.74, 6) is -0.471. The minimum absolute atomic E-state index is 0. The summed E-state index contributed by atoms with van der Waals surface area (Å²) in [7, 11) is 0. The third-order valence-corrected chi connectivity index (χ3v) is 2.87. The van der Waals surface area contributed by atoms with E-state index < -0.39 is 11.5 Å². The second kappa shape index (κ2) is 7.31. The maximum Gasteiger partial charge on any atom is 0.323 e. The van der Waals surface area contributed by atoms with Crippen LogP contribution < -0.4 is 5.73 Å². The zero-order valence-corrected chi connectivity index (χ0v) is 12.9. The molecule has 0 aliphatic heterocycles. The third-order valence-electron chi connectivity index (χ3n) is 2.87. The van der Waals surface area contributed by atoms with Crippen molar-refractivity contribution in [3.05, 3.63) is 36.2 Å². The lowest BCUT2D eigenvalue weighted by Gasteiger charge is -2.19. The number of carboxylic acid groups (broad SMARTS) is 1. The number of hydrogen-bond acceptors (Lipinski definition) is 4. The number of phenols is 1. The number of phenolic OH excluding ortho intramolecular Hbond substituents is 1. The van der Waals surface area contributed by atoms with Gasteiger partial charge in [0.2, 0.25) is 0 Å². The second-order valence-corrected chi connectivity index (χ2v) is 4.69. The summed E-state index contributed by atoms with van der Waals surface area (Å²) in [6.07, 6.45) is 3.38. The molecule has 21 heavy (non-hydrogen) atoms. The molecule has 2 rings (SSSR count). The van der Waals surface area contributed by atoms with E-state index in [1.165, 1.54) is 13.0 Å². The van der Waals surface area contributed by atoms with Crippen molar-refractivity contribution in [2.24, 2.45) is 5.73 Å². The molecular weight excluding hydrogens is 317 g/mol. The number of carbonyl (C=O) groups is 1. The van der Waals surface area contributed by atoms with E-state index in [0.29, 0.717) is 11.4 Å². The van der Waals surface area contributed by atoms with Crippen LogP contribution >= 0.6 is 24.8 Å². The Morgan fingerprint density at radius 3 is 2.62 bits per heavy atom. The molecule has 6 nitrogen and oxygen atoms in total. The Labute approximate surface area is 134 Å². The zero-order valence-electron chi connectivity index (χ0n) is 11.2. The standard InChI is InChI=1S/C13H15N3O3.2ClH/c1-13(14,12(18)19)7-8-2-3-10(17)9(6-8)11-15-4-5-16-11;;/h2-6,17H,7,14H2,1H3,(H,15,16)(H,18,19);2*1H/t13-;;/m1../s1. The molecule has 2 aromatic rings. The van der Waals surface area contributed by atoms with Gasteiger partial charge >= 0.3 is 5.97 Å². The normalized spacial score (nSPS) is 12.7. The number of H-pyrrole nitrogens is 1. The van der Waals surface area contributed by atoms with Gasteiger partial charge in [-0.2, -0.15) is 0 Å². The van der Waals surface area contributed by atoms with Crippen LogP contribution in [0.4, 0.5) is 0 Å². The van der Waals surface area contributed by atoms with Gasteiger partial charge in [-0.3, -0.25) is 4.79 Å². The largest absolute Gasteiger partial charge is 0.507 e. The van der Waals surface area contributed by atoms with Gasteiger partial charge in [0, 0.05) is 18.8 Å². The highest BCUT2D eigenvalue weighted by molar-refractivity contribution is 5.85. The second-order valence-electron chi connectivity index (χ2n) is 4.69. The number of carboxylic acids is 1. The van der Waals surface area contributed by atoms with Gasteiger partial charge in [0.1, 0.15) is 17.1 Å². The quantitative estimate of drug-likeness (QED) is 0.683. The SMILES string of the molecule is C[C@@](N)(Cc1ccc(O)c(-c2ncc[nH]2)c1)C(=O)O.Cl.Cl. The number of hydrogen-bond donors (Lipinski definition) is 4. The predicted molar refractivity (Wildman–Crippen MR) is 84.1 cm³/mol. The average molecular weight is 334 g/mol. The van der Waals surface area contributed by atoms with Crippen molar-refractivity contribution >= 4 is 30.8 Å². The molecule has 0 fully saturated rings. The first-order chi connectivity index (χ1) is 8.90. The third kappa shape index (κ3) is 4.35. The number of aromatic hydroxyl groups is 1. The van der Waals surface area contributed by atoms with Crippen molar-refractivity contribution in [1.29, 1.82) is 0 Å². The molecule has 1 aromatic heterocycles. The predicted octanol–water partition coefficient (Wildman–Crippen LogP) is 1.97. The van der Waals surface area contributed by atoms with Crippen molar-refractivity contribution in [1.82, 2.24) is 9.97 Å². The lowest BCUT2D eigenvalue weighted by molar-refractivity contribution is -0.142. The van der Waals surface area contributed by atoms with E-state index in [2.05, 4.69) is 9.97 Å². The van der Waals surface area contributed by atoms with Gasteiger partial charge in [-0.05, 0) is 24.6 Å². The summed E-state index contributed by atoms with van der Waals surface area (Å²) in [6.45, 7) is 1.45. The fraction of sp³-hybridized carbons (Fsp3) is 0.231. The number of benzene rings is 1. The molecule has 0 aliphatic carbocycles. The smallest absolute Gasteiger partial charge is 0.323 e. The highest BCUT2D eigenvalue weighted by atomic mass is 35.5. The Balaban J connectivity index is 0.00000200. The van der Waals surface area contributed by atoms with Crippen LogP contribution in [0.15, 0.2) is 30.6 Å². The van der Waals surface area contributed by atoms with E-state index in [4.69, 9.17) is 10.8 Å². The molecular formula is C13H17Cl2N3O3. The van der Waals surface area contributed by atoms with Gasteiger partial charge in [0.25, 0.3) is 0 Å². The minimum Gasteiger partial charge on any atom is -0.507 e. The average Bonchev–Trinajstić information content (AvgIpc) is 2.84. The number of aliphatic carboxylic acids is 1. The van der Waals surface area contributed by atoms with E-state index in [1.54, 1.807) is 24.5 Å². The maximum absolute atomic E-state index is 11.0. The first-order valence-corrected chi connectivity index (χ1v) is 5.74. The van der Waals surface area contributed by atoms with E-state index in [0.717, 1.165) is 5.56 Å². The molecule has 1 aromatic carbocycles. The summed E-state index contributed by atoms with van der Waals surface area (Å²) >= 11 is 0. The van der Waals surface area contributed by atoms with Crippen molar-refractivity contribution in [3.63, 3.8) is 0 Å². The van der Waals surface area contributed by atoms with Crippen molar-refractivity contribution < 1.29 is 15.0 Å². The minimum atomic E-state index is -1.35. The first-order valence-electron chi connectivity index (χ1n) is 5.74. The summed E-state index contributed by atoms with van der Waals surface area (Å²) < 4.78 is 0. The Kier molecular flexibility index (Phi) is 6.69. The number of aromatic amines is 1. The molecule has 5 N–H and O–H groups in total. The molecule has 116 valence electrons. The van der Waals surface area contributed by atoms with Gasteiger partial charge in [-0.1, -0.05) is 6.07 Å². The maximum atomic E-state index is 11.0. The molecule has 1 atom stereocenters. The number of rotatable bonds is 4. The van der Waals surface area contributed by atoms with Crippen LogP contribution in [-0.4, -0.2) is 31.7 Å². The lowest BCUT2D eigenvalue weighted by atomic mass is 9.93. The number of nitrogens with two attached hydrogens (primary N) is 1. The van der Waals surface area contributed by atoms with E-state index in [1.807, 2.05) is 0 Å². The highest BCUT2D eigenvalue weighted by Gasteiger charge is 2.28. The number of nitrogens with zero attached hydrogens (tertiary/aromatic N) is 1. The first kappa shape index (κ1) is 19.2. The van der Waals surface area contributed by atoms with Crippen LogP contribution in [0, 0.1) is 0 Å². The Bertz CT molecular complexity index is 601. The number of nitrogens with one attached hydrogen (secondary N) is 1. The van der Waals surface area contributed by atoms with Crippen molar-refractivity contribution in [2.45, 2.75) is 18.9 Å². The molecule has 8 heteroatoms. The zero-order chi connectivity index (χ0) is 14.0. The molecule has 0 spiro atoms. The van der Waals surface area contributed by atoms with Crippen LogP contribution in [0.1, 0.15) is 12.5 Å². The van der Waals surface area contributed by atoms with Crippen LogP contribution in [0.5, 0.6) is 5.75 Å². The van der Waals surface area contributed by atoms with Crippen molar-refractivity contribution in [3.8, 4) is 17.1 Å². The molecule has 0 radical (unpaired) electrons. The fourth-order valence-corrected chi connectivity index (χ4v) is 1.80. The molecule has 0 saturated heterocycles. The van der Waals surface area contributed by atoms with Crippen LogP contribution in [0.2, 0.25) is 0 Å². The number of imidazole rings is 1. The van der Waals surface area contributed by atoms with Gasteiger partial charge in [0.15, 0.2) is 0 Å². The topological polar surface area (TPSA) is 112 Å². The molecule has 0 amide bonds. The highest BCUT2D eigenvalue weighted by Crippen LogP contribution is 2.28. The Hall–Kier alpha value is -1.76. The Morgan fingerprint density at radius 1 is 1.43 bits per heavy atom. The lowest BCUT2D eigenvalue weighted by Crippen LogP contribution is -2.46. The van der Waals surface area contributed by atoms with Crippen LogP contribution in [0.25, 0.3) is 11.4 Å². The van der Waals surface area contributed by atoms with Gasteiger partial charge in [0.05, 0.1) is 5.56 Å². The van der Waals surface area contributed by atoms with E-state index in [-0.39, 0.29) is 37.0 Å². The van der Waals surface area contributed by atoms with Gasteiger partial charge in [-0.15, -0.1) is 24.8 Å². The van der Waals surface area contributed by atoms with Crippen LogP contribution in [0.3, 0.4) is 0 Å². The molecule has 0 aliphatic rings. The van der Waals surface area contributed by atoms with Crippen LogP contribution in [-0.2, 0) is 11.2 Å². The molecule has 0 saturated carbocycles. The number of halogens is 2. The monoisotopic (exact) mass is 333 g/mol. The molecule has 0 unspecified atom stereocenters. The molecule has 0 bridgehead atoms. The van der Waals surface area contributed by atoms with Gasteiger partial charge in [-0.25, -0.2) is 4.98 Å². The van der Waals surface area contributed by atoms with E-state index in [9.17, 15) is 9.90 Å². The fourth-order valence-electron chi connectivity index (χ4n) is 1.80. The summed E-state index contributed by atoms with van der Waals surface area (Å²) in [6, 6.07) is 4.84. The summed E-state index contributed by atoms with van der Waals surface area (Å²) in [4.78, 5) is 18.0.